The minimum absolute atomic E-state index is 0.0435. The van der Waals surface area contributed by atoms with E-state index in [1.165, 1.54) is 11.8 Å². The quantitative estimate of drug-likeness (QED) is 0.406. The van der Waals surface area contributed by atoms with Crippen LogP contribution in [0.3, 0.4) is 0 Å². The Hall–Kier alpha value is -2.18. The first-order chi connectivity index (χ1) is 13.1. The summed E-state index contributed by atoms with van der Waals surface area (Å²) in [6.45, 7) is 6.12. The number of hydrogen-bond acceptors (Lipinski definition) is 5. The maximum Gasteiger partial charge on any atom is 0.356 e. The molecular formula is C21H21NO3S2. The molecule has 0 radical (unpaired) electrons. The first kappa shape index (κ1) is 19.6. The number of pyridine rings is 1. The van der Waals surface area contributed by atoms with Crippen molar-refractivity contribution in [1.29, 1.82) is 0 Å². The number of esters is 1. The molecule has 3 rings (SSSR count). The Bertz CT molecular complexity index is 980. The smallest absolute Gasteiger partial charge is 0.356 e. The van der Waals surface area contributed by atoms with Gasteiger partial charge in [-0.2, -0.15) is 0 Å². The number of thioether (sulfide) groups is 2. The van der Waals surface area contributed by atoms with E-state index in [1.54, 1.807) is 30.8 Å². The summed E-state index contributed by atoms with van der Waals surface area (Å²) in [5.74, 6) is 0.418. The molecule has 0 spiro atoms. The van der Waals surface area contributed by atoms with Gasteiger partial charge < -0.3 is 9.14 Å². The maximum atomic E-state index is 12.8. The van der Waals surface area contributed by atoms with E-state index in [-0.39, 0.29) is 11.1 Å². The number of carbonyl (C=O) groups is 2. The Morgan fingerprint density at radius 1 is 1.07 bits per heavy atom. The molecular weight excluding hydrogens is 378 g/mol. The molecule has 0 fully saturated rings. The highest BCUT2D eigenvalue weighted by Gasteiger charge is 2.26. The molecule has 6 heteroatoms. The minimum atomic E-state index is -0.369. The van der Waals surface area contributed by atoms with Crippen LogP contribution in [0.1, 0.15) is 40.3 Å². The highest BCUT2D eigenvalue weighted by molar-refractivity contribution is 8.14. The van der Waals surface area contributed by atoms with Gasteiger partial charge in [-0.1, -0.05) is 37.3 Å². The molecule has 140 valence electrons. The fourth-order valence-corrected chi connectivity index (χ4v) is 4.84. The van der Waals surface area contributed by atoms with Crippen LogP contribution in [-0.2, 0) is 4.74 Å². The molecule has 4 nitrogen and oxygen atoms in total. The normalized spacial score (nSPS) is 10.9. The summed E-state index contributed by atoms with van der Waals surface area (Å²) in [5, 5.41) is -0.0435. The SMILES string of the molecule is CCOC(=O)c1c(SCC)c(SC(=O)c2ccccc2)c2cc(C)ccn12. The molecule has 2 heterocycles. The van der Waals surface area contributed by atoms with Crippen molar-refractivity contribution in [3.8, 4) is 0 Å². The molecule has 0 unspecified atom stereocenters. The molecule has 0 N–H and O–H groups in total. The average molecular weight is 400 g/mol. The standard InChI is InChI=1S/C21H21NO3S2/c1-4-25-20(23)17-19(26-5-2)18(16-13-14(3)11-12-22(16)17)27-21(24)15-9-7-6-8-10-15/h6-13H,4-5H2,1-3H3. The van der Waals surface area contributed by atoms with Gasteiger partial charge in [-0.25, -0.2) is 4.79 Å². The second-order valence-electron chi connectivity index (χ2n) is 5.88. The van der Waals surface area contributed by atoms with Gasteiger partial charge >= 0.3 is 5.97 Å². The third-order valence-corrected chi connectivity index (χ3v) is 6.11. The van der Waals surface area contributed by atoms with Crippen molar-refractivity contribution in [3.63, 3.8) is 0 Å². The van der Waals surface area contributed by atoms with Crippen LogP contribution >= 0.6 is 23.5 Å². The van der Waals surface area contributed by atoms with Gasteiger partial charge in [0.2, 0.25) is 5.12 Å². The molecule has 0 aliphatic carbocycles. The summed E-state index contributed by atoms with van der Waals surface area (Å²) >= 11 is 2.73. The number of rotatable bonds is 6. The van der Waals surface area contributed by atoms with Crippen molar-refractivity contribution in [2.24, 2.45) is 0 Å². The van der Waals surface area contributed by atoms with Crippen LogP contribution in [0.15, 0.2) is 58.5 Å². The lowest BCUT2D eigenvalue weighted by atomic mass is 10.2. The number of hydrogen-bond donors (Lipinski definition) is 0. The lowest BCUT2D eigenvalue weighted by Crippen LogP contribution is -2.09. The van der Waals surface area contributed by atoms with E-state index in [1.807, 2.05) is 54.8 Å². The summed E-state index contributed by atoms with van der Waals surface area (Å²) in [6.07, 6.45) is 1.87. The van der Waals surface area contributed by atoms with Gasteiger partial charge in [-0.05, 0) is 49.1 Å². The Morgan fingerprint density at radius 3 is 2.48 bits per heavy atom. The second-order valence-corrected chi connectivity index (χ2v) is 8.13. The number of carbonyl (C=O) groups excluding carboxylic acids is 2. The van der Waals surface area contributed by atoms with Gasteiger partial charge in [0.15, 0.2) is 0 Å². The summed E-state index contributed by atoms with van der Waals surface area (Å²) in [4.78, 5) is 27.1. The van der Waals surface area contributed by atoms with Crippen molar-refractivity contribution in [2.75, 3.05) is 12.4 Å². The second kappa shape index (κ2) is 8.67. The monoisotopic (exact) mass is 399 g/mol. The highest BCUT2D eigenvalue weighted by Crippen LogP contribution is 2.41. The van der Waals surface area contributed by atoms with Crippen LogP contribution in [0.25, 0.3) is 5.52 Å². The predicted octanol–water partition coefficient (Wildman–Crippen LogP) is 5.47. The molecule has 0 aliphatic rings. The topological polar surface area (TPSA) is 47.8 Å². The molecule has 1 aromatic carbocycles. The average Bonchev–Trinajstić information content (AvgIpc) is 2.96. The number of aryl methyl sites for hydroxylation is 1. The fraction of sp³-hybridized carbons (Fsp3) is 0.238. The van der Waals surface area contributed by atoms with E-state index < -0.39 is 0 Å². The zero-order valence-corrected chi connectivity index (χ0v) is 17.2. The molecule has 2 aromatic heterocycles. The number of aromatic nitrogens is 1. The third-order valence-electron chi connectivity index (χ3n) is 3.97. The molecule has 0 bridgehead atoms. The van der Waals surface area contributed by atoms with Gasteiger partial charge in [0.1, 0.15) is 5.69 Å². The first-order valence-electron chi connectivity index (χ1n) is 8.78. The van der Waals surface area contributed by atoms with E-state index in [2.05, 4.69) is 0 Å². The molecule has 0 amide bonds. The lowest BCUT2D eigenvalue weighted by molar-refractivity contribution is 0.0513. The van der Waals surface area contributed by atoms with E-state index in [0.717, 1.165) is 26.6 Å². The summed E-state index contributed by atoms with van der Waals surface area (Å²) in [7, 11) is 0. The van der Waals surface area contributed by atoms with Crippen molar-refractivity contribution < 1.29 is 14.3 Å². The molecule has 0 aliphatic heterocycles. The van der Waals surface area contributed by atoms with Crippen LogP contribution in [0.2, 0.25) is 0 Å². The summed E-state index contributed by atoms with van der Waals surface area (Å²) < 4.78 is 7.13. The van der Waals surface area contributed by atoms with Gasteiger partial charge in [0.25, 0.3) is 0 Å². The molecule has 0 atom stereocenters. The Kier molecular flexibility index (Phi) is 6.29. The molecule has 0 saturated heterocycles. The summed E-state index contributed by atoms with van der Waals surface area (Å²) in [6, 6.07) is 13.1. The maximum absolute atomic E-state index is 12.8. The lowest BCUT2D eigenvalue weighted by Gasteiger charge is -2.06. The molecule has 0 saturated carbocycles. The largest absolute Gasteiger partial charge is 0.461 e. The van der Waals surface area contributed by atoms with Crippen molar-refractivity contribution in [2.45, 2.75) is 30.6 Å². The van der Waals surface area contributed by atoms with Gasteiger partial charge in [0.05, 0.1) is 21.9 Å². The van der Waals surface area contributed by atoms with Gasteiger partial charge in [-0.15, -0.1) is 11.8 Å². The van der Waals surface area contributed by atoms with Crippen LogP contribution in [0.4, 0.5) is 0 Å². The number of fused-ring (bicyclic) bond motifs is 1. The highest BCUT2D eigenvalue weighted by atomic mass is 32.2. The van der Waals surface area contributed by atoms with E-state index >= 15 is 0 Å². The van der Waals surface area contributed by atoms with E-state index in [4.69, 9.17) is 4.74 Å². The third kappa shape index (κ3) is 4.06. The van der Waals surface area contributed by atoms with Crippen molar-refractivity contribution in [3.05, 3.63) is 65.5 Å². The fourth-order valence-electron chi connectivity index (χ4n) is 2.80. The zero-order valence-electron chi connectivity index (χ0n) is 15.5. The van der Waals surface area contributed by atoms with Crippen LogP contribution < -0.4 is 0 Å². The molecule has 27 heavy (non-hydrogen) atoms. The van der Waals surface area contributed by atoms with Crippen LogP contribution in [0, 0.1) is 6.92 Å². The minimum Gasteiger partial charge on any atom is -0.461 e. The van der Waals surface area contributed by atoms with Crippen LogP contribution in [-0.4, -0.2) is 27.8 Å². The van der Waals surface area contributed by atoms with E-state index in [0.29, 0.717) is 17.9 Å². The van der Waals surface area contributed by atoms with Gasteiger partial charge in [-0.3, -0.25) is 4.79 Å². The number of nitrogens with zero attached hydrogens (tertiary/aromatic N) is 1. The summed E-state index contributed by atoms with van der Waals surface area (Å²) in [5.41, 5.74) is 3.04. The van der Waals surface area contributed by atoms with Crippen molar-refractivity contribution in [1.82, 2.24) is 4.40 Å². The Balaban J connectivity index is 2.17. The Labute approximate surface area is 167 Å². The predicted molar refractivity (Wildman–Crippen MR) is 111 cm³/mol. The van der Waals surface area contributed by atoms with E-state index in [9.17, 15) is 9.59 Å². The number of ether oxygens (including phenoxy) is 1. The van der Waals surface area contributed by atoms with Crippen molar-refractivity contribution >= 4 is 40.1 Å². The van der Waals surface area contributed by atoms with Gasteiger partial charge in [0, 0.05) is 11.8 Å². The first-order valence-corrected chi connectivity index (χ1v) is 10.6. The Morgan fingerprint density at radius 2 is 1.81 bits per heavy atom. The number of benzene rings is 1. The van der Waals surface area contributed by atoms with Crippen LogP contribution in [0.5, 0.6) is 0 Å². The molecule has 3 aromatic rings. The zero-order chi connectivity index (χ0) is 19.4.